The molecule has 6 nitrogen and oxygen atoms in total. The smallest absolute Gasteiger partial charge is 0.238 e. The van der Waals surface area contributed by atoms with Crippen molar-refractivity contribution in [1.82, 2.24) is 4.90 Å². The van der Waals surface area contributed by atoms with Crippen LogP contribution >= 0.6 is 15.9 Å². The van der Waals surface area contributed by atoms with E-state index < -0.39 is 9.84 Å². The molecule has 0 atom stereocenters. The third-order valence-electron chi connectivity index (χ3n) is 4.06. The fourth-order valence-electron chi connectivity index (χ4n) is 2.60. The minimum atomic E-state index is -3.25. The summed E-state index contributed by atoms with van der Waals surface area (Å²) in [6.45, 7) is 3.34. The second-order valence-electron chi connectivity index (χ2n) is 6.69. The molecule has 0 heterocycles. The first-order valence-corrected chi connectivity index (χ1v) is 11.5. The van der Waals surface area contributed by atoms with Crippen molar-refractivity contribution >= 4 is 37.4 Å². The van der Waals surface area contributed by atoms with Crippen molar-refractivity contribution < 1.29 is 17.9 Å². The van der Waals surface area contributed by atoms with E-state index in [4.69, 9.17) is 4.74 Å². The van der Waals surface area contributed by atoms with Gasteiger partial charge >= 0.3 is 0 Å². The number of hydrogen-bond acceptors (Lipinski definition) is 5. The Kier molecular flexibility index (Phi) is 8.03. The zero-order valence-electron chi connectivity index (χ0n) is 16.2. The number of likely N-dealkylation sites (N-methyl/N-ethyl adjacent to an activating group) is 1. The summed E-state index contributed by atoms with van der Waals surface area (Å²) in [6.07, 6.45) is 1.88. The molecular formula is C20H25BrN2O4S. The minimum absolute atomic E-state index is 0.0744. The van der Waals surface area contributed by atoms with Gasteiger partial charge in [-0.05, 0) is 62.4 Å². The number of benzene rings is 2. The number of nitrogens with one attached hydrogen (secondary N) is 1. The molecule has 2 aromatic rings. The Morgan fingerprint density at radius 2 is 1.96 bits per heavy atom. The average molecular weight is 469 g/mol. The quantitative estimate of drug-likeness (QED) is 0.569. The number of carbonyl (C=O) groups excluding carboxylic acids is 1. The van der Waals surface area contributed by atoms with Crippen molar-refractivity contribution in [3.05, 3.63) is 52.5 Å². The second-order valence-corrected chi connectivity index (χ2v) is 9.63. The molecule has 0 aliphatic rings. The van der Waals surface area contributed by atoms with Crippen molar-refractivity contribution in [2.24, 2.45) is 0 Å². The molecule has 0 fully saturated rings. The van der Waals surface area contributed by atoms with E-state index in [-0.39, 0.29) is 17.3 Å². The van der Waals surface area contributed by atoms with Crippen molar-refractivity contribution in [2.45, 2.75) is 18.2 Å². The summed E-state index contributed by atoms with van der Waals surface area (Å²) in [4.78, 5) is 14.3. The molecule has 1 N–H and O–H groups in total. The molecule has 2 aromatic carbocycles. The molecule has 0 bridgehead atoms. The first-order chi connectivity index (χ1) is 13.1. The molecule has 0 unspecified atom stereocenters. The molecule has 0 saturated heterocycles. The van der Waals surface area contributed by atoms with E-state index in [1.165, 1.54) is 12.3 Å². The molecule has 0 saturated carbocycles. The molecule has 0 spiro atoms. The topological polar surface area (TPSA) is 75.7 Å². The molecule has 152 valence electrons. The third kappa shape index (κ3) is 7.26. The Balaban J connectivity index is 1.74. The van der Waals surface area contributed by atoms with Crippen LogP contribution in [0.1, 0.15) is 12.0 Å². The fourth-order valence-corrected chi connectivity index (χ4v) is 3.73. The van der Waals surface area contributed by atoms with Gasteiger partial charge in [-0.3, -0.25) is 9.69 Å². The van der Waals surface area contributed by atoms with Crippen LogP contribution in [0, 0.1) is 6.92 Å². The van der Waals surface area contributed by atoms with Gasteiger partial charge in [0.2, 0.25) is 5.91 Å². The van der Waals surface area contributed by atoms with Crippen LogP contribution in [-0.4, -0.2) is 52.2 Å². The van der Waals surface area contributed by atoms with Gasteiger partial charge in [0.25, 0.3) is 0 Å². The number of amides is 1. The Labute approximate surface area is 174 Å². The van der Waals surface area contributed by atoms with Gasteiger partial charge in [-0.25, -0.2) is 8.42 Å². The lowest BCUT2D eigenvalue weighted by molar-refractivity contribution is -0.117. The Morgan fingerprint density at radius 1 is 1.21 bits per heavy atom. The Bertz CT molecular complexity index is 932. The van der Waals surface area contributed by atoms with Crippen molar-refractivity contribution in [2.75, 3.05) is 38.3 Å². The zero-order chi connectivity index (χ0) is 20.7. The van der Waals surface area contributed by atoms with E-state index in [9.17, 15) is 13.2 Å². The van der Waals surface area contributed by atoms with Gasteiger partial charge in [-0.2, -0.15) is 0 Å². The highest BCUT2D eigenvalue weighted by molar-refractivity contribution is 9.10. The number of carbonyl (C=O) groups is 1. The molecule has 0 aromatic heterocycles. The second kappa shape index (κ2) is 10.0. The van der Waals surface area contributed by atoms with Crippen LogP contribution in [-0.2, 0) is 14.6 Å². The maximum absolute atomic E-state index is 12.2. The summed E-state index contributed by atoms with van der Waals surface area (Å²) in [5.41, 5.74) is 1.80. The molecule has 0 aliphatic carbocycles. The minimum Gasteiger partial charge on any atom is -0.494 e. The highest BCUT2D eigenvalue weighted by Gasteiger charge is 2.10. The van der Waals surface area contributed by atoms with Crippen LogP contribution in [0.3, 0.4) is 0 Å². The average Bonchev–Trinajstić information content (AvgIpc) is 2.61. The summed E-state index contributed by atoms with van der Waals surface area (Å²) in [7, 11) is -1.38. The molecule has 8 heteroatoms. The van der Waals surface area contributed by atoms with E-state index in [0.29, 0.717) is 25.3 Å². The summed E-state index contributed by atoms with van der Waals surface area (Å²) in [6, 6.07) is 12.2. The predicted molar refractivity (Wildman–Crippen MR) is 115 cm³/mol. The predicted octanol–water partition coefficient (Wildman–Crippen LogP) is 3.50. The number of halogens is 1. The highest BCUT2D eigenvalue weighted by atomic mass is 79.9. The molecular weight excluding hydrogens is 444 g/mol. The summed E-state index contributed by atoms with van der Waals surface area (Å²) in [5, 5.41) is 2.92. The molecule has 1 amide bonds. The highest BCUT2D eigenvalue weighted by Crippen LogP contribution is 2.20. The van der Waals surface area contributed by atoms with Crippen molar-refractivity contribution in [3.8, 4) is 5.75 Å². The van der Waals surface area contributed by atoms with Gasteiger partial charge in [-0.15, -0.1) is 0 Å². The fraction of sp³-hybridized carbons (Fsp3) is 0.350. The van der Waals surface area contributed by atoms with E-state index in [2.05, 4.69) is 21.2 Å². The Morgan fingerprint density at radius 3 is 2.64 bits per heavy atom. The molecule has 0 aliphatic heterocycles. The summed E-state index contributed by atoms with van der Waals surface area (Å²) >= 11 is 3.41. The van der Waals surface area contributed by atoms with Crippen LogP contribution in [0.4, 0.5) is 5.69 Å². The van der Waals surface area contributed by atoms with Gasteiger partial charge < -0.3 is 10.1 Å². The normalized spacial score (nSPS) is 11.5. The lowest BCUT2D eigenvalue weighted by Gasteiger charge is -2.17. The maximum atomic E-state index is 12.2. The number of anilines is 1. The van der Waals surface area contributed by atoms with E-state index in [1.54, 1.807) is 18.2 Å². The summed E-state index contributed by atoms with van der Waals surface area (Å²) in [5.74, 6) is 0.448. The van der Waals surface area contributed by atoms with Gasteiger partial charge in [0.15, 0.2) is 9.84 Å². The van der Waals surface area contributed by atoms with Crippen LogP contribution in [0.15, 0.2) is 51.8 Å². The van der Waals surface area contributed by atoms with Crippen LogP contribution in [0.25, 0.3) is 0 Å². The largest absolute Gasteiger partial charge is 0.494 e. The van der Waals surface area contributed by atoms with E-state index in [1.807, 2.05) is 37.1 Å². The zero-order valence-corrected chi connectivity index (χ0v) is 18.6. The summed E-state index contributed by atoms with van der Waals surface area (Å²) < 4.78 is 29.7. The lowest BCUT2D eigenvalue weighted by Crippen LogP contribution is -2.31. The van der Waals surface area contributed by atoms with Crippen molar-refractivity contribution in [1.29, 1.82) is 0 Å². The Hall–Kier alpha value is -1.90. The van der Waals surface area contributed by atoms with Gasteiger partial charge in [0.05, 0.1) is 18.0 Å². The molecule has 0 radical (unpaired) electrons. The van der Waals surface area contributed by atoms with Gasteiger partial charge in [0, 0.05) is 23.0 Å². The third-order valence-corrected chi connectivity index (χ3v) is 5.67. The number of sulfone groups is 1. The molecule has 28 heavy (non-hydrogen) atoms. The monoisotopic (exact) mass is 468 g/mol. The van der Waals surface area contributed by atoms with Crippen molar-refractivity contribution in [3.63, 3.8) is 0 Å². The first-order valence-electron chi connectivity index (χ1n) is 8.82. The number of ether oxygens (including phenoxy) is 1. The maximum Gasteiger partial charge on any atom is 0.238 e. The number of nitrogens with zero attached hydrogens (tertiary/aromatic N) is 1. The standard InChI is InChI=1S/C20H25BrN2O4S/c1-15-12-16(21)8-9-19(15)22-20(24)14-23(2)10-5-11-27-17-6-4-7-18(13-17)28(3,25)26/h4,6-9,12-13H,5,10-11,14H2,1-3H3,(H,22,24). The molecule has 2 rings (SSSR count). The van der Waals surface area contributed by atoms with Gasteiger partial charge in [0.1, 0.15) is 5.75 Å². The first kappa shape index (κ1) is 22.4. The lowest BCUT2D eigenvalue weighted by atomic mass is 10.2. The number of aryl methyl sites for hydroxylation is 1. The van der Waals surface area contributed by atoms with Gasteiger partial charge in [-0.1, -0.05) is 22.0 Å². The van der Waals surface area contributed by atoms with E-state index >= 15 is 0 Å². The van der Waals surface area contributed by atoms with Crippen LogP contribution in [0.5, 0.6) is 5.75 Å². The van der Waals surface area contributed by atoms with Crippen LogP contribution in [0.2, 0.25) is 0 Å². The van der Waals surface area contributed by atoms with Crippen LogP contribution < -0.4 is 10.1 Å². The number of hydrogen-bond donors (Lipinski definition) is 1. The number of rotatable bonds is 9. The van der Waals surface area contributed by atoms with E-state index in [0.717, 1.165) is 15.7 Å². The SMILES string of the molecule is Cc1cc(Br)ccc1NC(=O)CN(C)CCCOc1cccc(S(C)(=O)=O)c1.